The third kappa shape index (κ3) is 3.19. The molecule has 0 atom stereocenters. The Morgan fingerprint density at radius 3 is 2.88 bits per heavy atom. The van der Waals surface area contributed by atoms with Crippen molar-refractivity contribution in [1.82, 2.24) is 9.88 Å². The monoisotopic (exact) mass is 252 g/mol. The minimum atomic E-state index is 0.661. The van der Waals surface area contributed by atoms with Crippen molar-refractivity contribution in [3.63, 3.8) is 0 Å². The van der Waals surface area contributed by atoms with Gasteiger partial charge in [0.1, 0.15) is 0 Å². The summed E-state index contributed by atoms with van der Waals surface area (Å²) in [6.45, 7) is 7.05. The molecule has 1 aliphatic heterocycles. The summed E-state index contributed by atoms with van der Waals surface area (Å²) >= 11 is 1.65. The summed E-state index contributed by atoms with van der Waals surface area (Å²) < 4.78 is 0. The summed E-state index contributed by atoms with van der Waals surface area (Å²) in [6.07, 6.45) is 2.44. The molecule has 2 heterocycles. The minimum Gasteiger partial charge on any atom is -0.370 e. The standard InChI is InChI=1S/C12H20N4S/c1-9-3-5-16(6-4-9)12(13)14-7-11-10(2)15-8-17-11/h8-9H,3-7H2,1-2H3,(H2,13,14). The van der Waals surface area contributed by atoms with Gasteiger partial charge in [0, 0.05) is 18.0 Å². The van der Waals surface area contributed by atoms with E-state index in [0.29, 0.717) is 12.5 Å². The molecule has 0 bridgehead atoms. The molecule has 2 N–H and O–H groups in total. The molecule has 0 spiro atoms. The number of hydrogen-bond acceptors (Lipinski definition) is 3. The number of nitrogens with two attached hydrogens (primary N) is 1. The second-order valence-corrected chi connectivity index (χ2v) is 5.64. The average molecular weight is 252 g/mol. The Bertz CT molecular complexity index is 391. The molecule has 0 aromatic carbocycles. The van der Waals surface area contributed by atoms with E-state index >= 15 is 0 Å². The molecule has 1 aliphatic rings. The van der Waals surface area contributed by atoms with Gasteiger partial charge in [-0.15, -0.1) is 11.3 Å². The first-order valence-corrected chi connectivity index (χ1v) is 6.98. The van der Waals surface area contributed by atoms with Crippen LogP contribution in [-0.4, -0.2) is 28.9 Å². The topological polar surface area (TPSA) is 54.5 Å². The number of nitrogens with zero attached hydrogens (tertiary/aromatic N) is 3. The van der Waals surface area contributed by atoms with Crippen molar-refractivity contribution in [2.45, 2.75) is 33.2 Å². The maximum atomic E-state index is 6.02. The van der Waals surface area contributed by atoms with Crippen molar-refractivity contribution in [2.24, 2.45) is 16.6 Å². The largest absolute Gasteiger partial charge is 0.370 e. The Morgan fingerprint density at radius 2 is 2.29 bits per heavy atom. The van der Waals surface area contributed by atoms with E-state index in [2.05, 4.69) is 21.8 Å². The minimum absolute atomic E-state index is 0.661. The van der Waals surface area contributed by atoms with Crippen molar-refractivity contribution >= 4 is 17.3 Å². The lowest BCUT2D eigenvalue weighted by molar-refractivity contribution is 0.277. The van der Waals surface area contributed by atoms with Crippen LogP contribution in [0.25, 0.3) is 0 Å². The van der Waals surface area contributed by atoms with Gasteiger partial charge in [-0.3, -0.25) is 0 Å². The molecule has 0 saturated carbocycles. The predicted octanol–water partition coefficient (Wildman–Crippen LogP) is 2.00. The second kappa shape index (κ2) is 5.49. The summed E-state index contributed by atoms with van der Waals surface area (Å²) in [6, 6.07) is 0. The number of piperidine rings is 1. The Hall–Kier alpha value is -1.10. The second-order valence-electron chi connectivity index (χ2n) is 4.70. The summed E-state index contributed by atoms with van der Waals surface area (Å²) in [5, 5.41) is 0. The molecule has 2 rings (SSSR count). The Labute approximate surface area is 107 Å². The number of thiazole rings is 1. The molecule has 0 unspecified atom stereocenters. The van der Waals surface area contributed by atoms with E-state index < -0.39 is 0 Å². The van der Waals surface area contributed by atoms with Gasteiger partial charge in [-0.1, -0.05) is 6.92 Å². The number of rotatable bonds is 2. The van der Waals surface area contributed by atoms with Crippen LogP contribution in [0, 0.1) is 12.8 Å². The summed E-state index contributed by atoms with van der Waals surface area (Å²) in [5.74, 6) is 1.51. The summed E-state index contributed by atoms with van der Waals surface area (Å²) in [4.78, 5) is 12.1. The smallest absolute Gasteiger partial charge is 0.191 e. The van der Waals surface area contributed by atoms with Gasteiger partial charge in [0.05, 0.1) is 17.7 Å². The lowest BCUT2D eigenvalue weighted by Gasteiger charge is -2.30. The Morgan fingerprint density at radius 1 is 1.59 bits per heavy atom. The highest BCUT2D eigenvalue weighted by Crippen LogP contribution is 2.16. The van der Waals surface area contributed by atoms with Crippen LogP contribution >= 0.6 is 11.3 Å². The molecule has 0 radical (unpaired) electrons. The molecule has 0 amide bonds. The quantitative estimate of drug-likeness (QED) is 0.647. The van der Waals surface area contributed by atoms with Crippen LogP contribution in [0.3, 0.4) is 0 Å². The van der Waals surface area contributed by atoms with Crippen LogP contribution in [0.2, 0.25) is 0 Å². The molecular weight excluding hydrogens is 232 g/mol. The van der Waals surface area contributed by atoms with Crippen LogP contribution < -0.4 is 5.73 Å². The SMILES string of the molecule is Cc1ncsc1CN=C(N)N1CCC(C)CC1. The van der Waals surface area contributed by atoms with Crippen molar-refractivity contribution in [3.05, 3.63) is 16.1 Å². The molecule has 94 valence electrons. The van der Waals surface area contributed by atoms with Crippen LogP contribution in [-0.2, 0) is 6.54 Å². The zero-order valence-corrected chi connectivity index (χ0v) is 11.3. The van der Waals surface area contributed by atoms with Gasteiger partial charge in [0.25, 0.3) is 0 Å². The lowest BCUT2D eigenvalue weighted by Crippen LogP contribution is -2.42. The van der Waals surface area contributed by atoms with Gasteiger partial charge < -0.3 is 10.6 Å². The van der Waals surface area contributed by atoms with E-state index in [1.54, 1.807) is 11.3 Å². The number of aromatic nitrogens is 1. The fraction of sp³-hybridized carbons (Fsp3) is 0.667. The zero-order valence-electron chi connectivity index (χ0n) is 10.5. The molecule has 1 aromatic heterocycles. The summed E-state index contributed by atoms with van der Waals surface area (Å²) in [5.41, 5.74) is 8.95. The maximum absolute atomic E-state index is 6.02. The van der Waals surface area contributed by atoms with E-state index in [1.165, 1.54) is 17.7 Å². The molecule has 17 heavy (non-hydrogen) atoms. The highest BCUT2D eigenvalue weighted by atomic mass is 32.1. The third-order valence-corrected chi connectivity index (χ3v) is 4.26. The van der Waals surface area contributed by atoms with Crippen molar-refractivity contribution in [1.29, 1.82) is 0 Å². The van der Waals surface area contributed by atoms with E-state index in [9.17, 15) is 0 Å². The zero-order chi connectivity index (χ0) is 12.3. The Kier molecular flexibility index (Phi) is 3.99. The molecule has 1 saturated heterocycles. The third-order valence-electron chi connectivity index (χ3n) is 3.34. The van der Waals surface area contributed by atoms with Gasteiger partial charge >= 0.3 is 0 Å². The maximum Gasteiger partial charge on any atom is 0.191 e. The first kappa shape index (κ1) is 12.4. The highest BCUT2D eigenvalue weighted by Gasteiger charge is 2.16. The highest BCUT2D eigenvalue weighted by molar-refractivity contribution is 7.09. The first-order valence-electron chi connectivity index (χ1n) is 6.10. The van der Waals surface area contributed by atoms with E-state index in [4.69, 9.17) is 5.73 Å². The molecule has 5 heteroatoms. The Balaban J connectivity index is 1.91. The number of guanidine groups is 1. The first-order chi connectivity index (χ1) is 8.16. The van der Waals surface area contributed by atoms with Crippen LogP contribution in [0.15, 0.2) is 10.5 Å². The normalized spacial score (nSPS) is 18.7. The number of likely N-dealkylation sites (tertiary alicyclic amines) is 1. The van der Waals surface area contributed by atoms with Crippen LogP contribution in [0.4, 0.5) is 0 Å². The van der Waals surface area contributed by atoms with Gasteiger partial charge in [-0.05, 0) is 25.7 Å². The van der Waals surface area contributed by atoms with E-state index in [1.807, 2.05) is 12.4 Å². The van der Waals surface area contributed by atoms with Crippen molar-refractivity contribution in [2.75, 3.05) is 13.1 Å². The number of aliphatic imine (C=N–C) groups is 1. The van der Waals surface area contributed by atoms with Crippen molar-refractivity contribution < 1.29 is 0 Å². The number of hydrogen-bond donors (Lipinski definition) is 1. The predicted molar refractivity (Wildman–Crippen MR) is 72.1 cm³/mol. The van der Waals surface area contributed by atoms with Crippen molar-refractivity contribution in [3.8, 4) is 0 Å². The molecule has 4 nitrogen and oxygen atoms in total. The molecule has 1 fully saturated rings. The van der Waals surface area contributed by atoms with E-state index in [0.717, 1.165) is 24.7 Å². The summed E-state index contributed by atoms with van der Waals surface area (Å²) in [7, 11) is 0. The van der Waals surface area contributed by atoms with Crippen LogP contribution in [0.5, 0.6) is 0 Å². The van der Waals surface area contributed by atoms with Crippen LogP contribution in [0.1, 0.15) is 30.3 Å². The fourth-order valence-electron chi connectivity index (χ4n) is 1.97. The lowest BCUT2D eigenvalue weighted by atomic mass is 10.00. The van der Waals surface area contributed by atoms with Gasteiger partial charge in [0.2, 0.25) is 0 Å². The van der Waals surface area contributed by atoms with Gasteiger partial charge in [-0.25, -0.2) is 9.98 Å². The fourth-order valence-corrected chi connectivity index (χ4v) is 2.67. The molecule has 1 aromatic rings. The average Bonchev–Trinajstić information content (AvgIpc) is 2.73. The number of aryl methyl sites for hydroxylation is 1. The molecule has 0 aliphatic carbocycles. The van der Waals surface area contributed by atoms with E-state index in [-0.39, 0.29) is 0 Å². The van der Waals surface area contributed by atoms with Gasteiger partial charge in [-0.2, -0.15) is 0 Å². The molecular formula is C12H20N4S. The van der Waals surface area contributed by atoms with Gasteiger partial charge in [0.15, 0.2) is 5.96 Å².